The molecule has 3 rings (SSSR count). The highest BCUT2D eigenvalue weighted by Gasteiger charge is 2.40. The molecule has 21 heavy (non-hydrogen) atoms. The molecule has 116 valence electrons. The maximum absolute atomic E-state index is 10.8. The first-order chi connectivity index (χ1) is 10.1. The third-order valence-electron chi connectivity index (χ3n) is 5.73. The molecule has 1 unspecified atom stereocenters. The van der Waals surface area contributed by atoms with E-state index in [9.17, 15) is 5.11 Å². The van der Waals surface area contributed by atoms with Crippen LogP contribution in [0.1, 0.15) is 55.7 Å². The van der Waals surface area contributed by atoms with Crippen molar-refractivity contribution >= 4 is 0 Å². The number of hydrogen-bond donors (Lipinski definition) is 1. The molecule has 0 spiro atoms. The van der Waals surface area contributed by atoms with Crippen LogP contribution in [0, 0.1) is 5.92 Å². The molecule has 1 aromatic carbocycles. The zero-order chi connectivity index (χ0) is 14.9. The van der Waals surface area contributed by atoms with E-state index in [1.165, 1.54) is 36.0 Å². The fourth-order valence-corrected chi connectivity index (χ4v) is 4.09. The van der Waals surface area contributed by atoms with Crippen LogP contribution in [0.4, 0.5) is 0 Å². The van der Waals surface area contributed by atoms with Crippen LogP contribution in [-0.2, 0) is 24.0 Å². The highest BCUT2D eigenvalue weighted by molar-refractivity contribution is 5.35. The molecule has 0 aromatic heterocycles. The second-order valence-corrected chi connectivity index (χ2v) is 7.13. The smallest absolute Gasteiger partial charge is 0.0939 e. The van der Waals surface area contributed by atoms with Gasteiger partial charge in [0.1, 0.15) is 0 Å². The van der Waals surface area contributed by atoms with Crippen molar-refractivity contribution in [1.29, 1.82) is 0 Å². The average Bonchev–Trinajstić information content (AvgIpc) is 2.96. The zero-order valence-corrected chi connectivity index (χ0v) is 13.4. The van der Waals surface area contributed by atoms with Gasteiger partial charge < -0.3 is 9.84 Å². The zero-order valence-electron chi connectivity index (χ0n) is 13.4. The Hall–Kier alpha value is -0.860. The van der Waals surface area contributed by atoms with Crippen LogP contribution in [0.5, 0.6) is 0 Å². The Morgan fingerprint density at radius 3 is 2.67 bits per heavy atom. The summed E-state index contributed by atoms with van der Waals surface area (Å²) in [5.41, 5.74) is 3.92. The number of hydrogen-bond acceptors (Lipinski definition) is 2. The first kappa shape index (κ1) is 15.1. The summed E-state index contributed by atoms with van der Waals surface area (Å²) in [6.45, 7) is 2.30. The van der Waals surface area contributed by atoms with Crippen LogP contribution in [-0.4, -0.2) is 23.9 Å². The first-order valence-electron chi connectivity index (χ1n) is 8.47. The van der Waals surface area contributed by atoms with Crippen LogP contribution in [0.25, 0.3) is 0 Å². The molecule has 2 nitrogen and oxygen atoms in total. The number of methoxy groups -OCH3 is 1. The Bertz CT molecular complexity index is 486. The van der Waals surface area contributed by atoms with E-state index in [-0.39, 0.29) is 5.60 Å². The van der Waals surface area contributed by atoms with Gasteiger partial charge in [-0.3, -0.25) is 0 Å². The van der Waals surface area contributed by atoms with Gasteiger partial charge in [-0.2, -0.15) is 0 Å². The molecule has 0 amide bonds. The molecule has 1 saturated carbocycles. The van der Waals surface area contributed by atoms with E-state index < -0.39 is 6.10 Å². The van der Waals surface area contributed by atoms with Crippen molar-refractivity contribution in [1.82, 2.24) is 0 Å². The van der Waals surface area contributed by atoms with Crippen molar-refractivity contribution in [3.05, 3.63) is 34.9 Å². The average molecular weight is 288 g/mol. The van der Waals surface area contributed by atoms with Gasteiger partial charge in [0.2, 0.25) is 0 Å². The maximum Gasteiger partial charge on any atom is 0.0939 e. The van der Waals surface area contributed by atoms with Gasteiger partial charge in [0, 0.05) is 13.5 Å². The monoisotopic (exact) mass is 288 g/mol. The number of aliphatic hydroxyl groups excluding tert-OH is 1. The molecule has 2 aliphatic carbocycles. The summed E-state index contributed by atoms with van der Waals surface area (Å²) in [6.07, 6.45) is 8.31. The normalized spacial score (nSPS) is 30.1. The number of benzene rings is 1. The van der Waals surface area contributed by atoms with E-state index in [0.29, 0.717) is 0 Å². The summed E-state index contributed by atoms with van der Waals surface area (Å²) < 4.78 is 5.80. The Labute approximate surface area is 128 Å². The van der Waals surface area contributed by atoms with E-state index >= 15 is 0 Å². The lowest BCUT2D eigenvalue weighted by molar-refractivity contribution is -0.127. The van der Waals surface area contributed by atoms with Gasteiger partial charge in [0.25, 0.3) is 0 Å². The second kappa shape index (κ2) is 6.10. The second-order valence-electron chi connectivity index (χ2n) is 7.13. The van der Waals surface area contributed by atoms with E-state index in [4.69, 9.17) is 4.74 Å². The Kier molecular flexibility index (Phi) is 4.37. The largest absolute Gasteiger partial charge is 0.390 e. The molecule has 0 radical (unpaired) electrons. The number of ether oxygens (including phenoxy) is 1. The first-order valence-corrected chi connectivity index (χ1v) is 8.47. The van der Waals surface area contributed by atoms with E-state index in [1.807, 2.05) is 0 Å². The Balaban J connectivity index is 1.71. The van der Waals surface area contributed by atoms with Crippen LogP contribution >= 0.6 is 0 Å². The minimum absolute atomic E-state index is 0.328. The van der Waals surface area contributed by atoms with Crippen LogP contribution < -0.4 is 0 Å². The van der Waals surface area contributed by atoms with Crippen molar-refractivity contribution in [2.75, 3.05) is 7.11 Å². The number of aryl methyl sites for hydroxylation is 2. The molecule has 2 heteroatoms. The quantitative estimate of drug-likeness (QED) is 0.916. The highest BCUT2D eigenvalue weighted by atomic mass is 16.5. The molecule has 0 aliphatic heterocycles. The van der Waals surface area contributed by atoms with Gasteiger partial charge >= 0.3 is 0 Å². The summed E-state index contributed by atoms with van der Waals surface area (Å²) in [4.78, 5) is 0. The maximum atomic E-state index is 10.8. The van der Waals surface area contributed by atoms with Crippen molar-refractivity contribution in [2.45, 2.75) is 70.0 Å². The van der Waals surface area contributed by atoms with E-state index in [1.54, 1.807) is 7.11 Å². The van der Waals surface area contributed by atoms with Crippen LogP contribution in [0.2, 0.25) is 0 Å². The van der Waals surface area contributed by atoms with Crippen LogP contribution in [0.15, 0.2) is 18.2 Å². The molecule has 1 atom stereocenters. The third-order valence-corrected chi connectivity index (χ3v) is 5.73. The van der Waals surface area contributed by atoms with Crippen molar-refractivity contribution in [3.63, 3.8) is 0 Å². The minimum atomic E-state index is -0.394. The lowest BCUT2D eigenvalue weighted by Gasteiger charge is -2.41. The van der Waals surface area contributed by atoms with Gasteiger partial charge in [0.15, 0.2) is 0 Å². The topological polar surface area (TPSA) is 29.5 Å². The molecule has 0 saturated heterocycles. The van der Waals surface area contributed by atoms with E-state index in [0.717, 1.165) is 38.0 Å². The molecular weight excluding hydrogens is 260 g/mol. The number of fused-ring (bicyclic) bond motifs is 1. The summed E-state index contributed by atoms with van der Waals surface area (Å²) in [7, 11) is 1.77. The molecular formula is C19H28O2. The summed E-state index contributed by atoms with van der Waals surface area (Å²) >= 11 is 0. The minimum Gasteiger partial charge on any atom is -0.390 e. The van der Waals surface area contributed by atoms with E-state index in [2.05, 4.69) is 25.1 Å². The number of aliphatic hydroxyl groups is 1. The fourth-order valence-electron chi connectivity index (χ4n) is 4.09. The predicted octanol–water partition coefficient (Wildman–Crippen LogP) is 3.67. The molecule has 1 fully saturated rings. The van der Waals surface area contributed by atoms with Gasteiger partial charge in [-0.1, -0.05) is 25.1 Å². The molecule has 1 aromatic rings. The Morgan fingerprint density at radius 1 is 1.24 bits per heavy atom. The lowest BCUT2D eigenvalue weighted by Crippen LogP contribution is -2.47. The van der Waals surface area contributed by atoms with Gasteiger partial charge in [-0.05, 0) is 67.6 Å². The highest BCUT2D eigenvalue weighted by Crippen LogP contribution is 2.38. The Morgan fingerprint density at radius 2 is 1.95 bits per heavy atom. The van der Waals surface area contributed by atoms with Crippen molar-refractivity contribution in [3.8, 4) is 0 Å². The third kappa shape index (κ3) is 3.02. The summed E-state index contributed by atoms with van der Waals surface area (Å²) in [6, 6.07) is 6.76. The molecule has 1 N–H and O–H groups in total. The van der Waals surface area contributed by atoms with Gasteiger partial charge in [-0.15, -0.1) is 0 Å². The molecule has 0 bridgehead atoms. The summed E-state index contributed by atoms with van der Waals surface area (Å²) in [5.74, 6) is 0.764. The van der Waals surface area contributed by atoms with Crippen molar-refractivity contribution < 1.29 is 9.84 Å². The van der Waals surface area contributed by atoms with Crippen LogP contribution in [0.3, 0.4) is 0 Å². The standard InChI is InChI=1S/C19H28O2/c1-14-8-10-19(21-2,11-9-14)18(20)13-15-6-7-16-4-3-5-17(16)12-15/h6-7,12,14,18,20H,3-5,8-11,13H2,1-2H3. The van der Waals surface area contributed by atoms with Gasteiger partial charge in [0.05, 0.1) is 11.7 Å². The fraction of sp³-hybridized carbons (Fsp3) is 0.684. The SMILES string of the molecule is COC1(C(O)Cc2ccc3c(c2)CCC3)CCC(C)CC1. The predicted molar refractivity (Wildman–Crippen MR) is 85.5 cm³/mol. The molecule has 2 aliphatic rings. The van der Waals surface area contributed by atoms with Crippen molar-refractivity contribution in [2.24, 2.45) is 5.92 Å². The van der Waals surface area contributed by atoms with Gasteiger partial charge in [-0.25, -0.2) is 0 Å². The lowest BCUT2D eigenvalue weighted by atomic mass is 9.75. The molecule has 0 heterocycles. The number of rotatable bonds is 4. The summed E-state index contributed by atoms with van der Waals surface area (Å²) in [5, 5.41) is 10.8.